The summed E-state index contributed by atoms with van der Waals surface area (Å²) in [5.74, 6) is -0.0232. The zero-order valence-electron chi connectivity index (χ0n) is 22.5. The highest BCUT2D eigenvalue weighted by atomic mass is 79.9. The first kappa shape index (κ1) is 30.4. The van der Waals surface area contributed by atoms with Gasteiger partial charge in [-0.2, -0.15) is 0 Å². The molecule has 3 aromatic rings. The van der Waals surface area contributed by atoms with Crippen LogP contribution < -0.4 is 15.5 Å². The van der Waals surface area contributed by atoms with Crippen LogP contribution in [-0.4, -0.2) is 36.1 Å². The zero-order valence-corrected chi connectivity index (χ0v) is 25.6. The number of fused-ring (bicyclic) bond motifs is 12. The minimum atomic E-state index is -0.458. The Hall–Kier alpha value is -2.52. The van der Waals surface area contributed by atoms with Crippen molar-refractivity contribution < 1.29 is 19.5 Å². The molecular weight excluding hydrogens is 636 g/mol. The summed E-state index contributed by atoms with van der Waals surface area (Å²) in [5, 5.41) is 13.2. The molecule has 212 valence electrons. The number of Topliss-reactive ketones (excluding diaryl/α,β-unsaturated/α-hetero) is 1. The van der Waals surface area contributed by atoms with E-state index >= 15 is 0 Å². The van der Waals surface area contributed by atoms with Gasteiger partial charge in [0.1, 0.15) is 5.75 Å². The van der Waals surface area contributed by atoms with Crippen molar-refractivity contribution in [2.24, 2.45) is 11.8 Å². The molecule has 2 aliphatic heterocycles. The van der Waals surface area contributed by atoms with Gasteiger partial charge in [0.15, 0.2) is 5.78 Å². The maximum atomic E-state index is 13.6. The third-order valence-electron chi connectivity index (χ3n) is 7.52. The molecule has 40 heavy (non-hydrogen) atoms. The van der Waals surface area contributed by atoms with Gasteiger partial charge in [-0.3, -0.25) is 14.8 Å². The molecule has 8 heteroatoms. The molecule has 6 nitrogen and oxygen atoms in total. The Balaban J connectivity index is 1.57. The lowest BCUT2D eigenvalue weighted by molar-refractivity contribution is -0.135. The highest BCUT2D eigenvalue weighted by molar-refractivity contribution is 9.11. The fraction of sp³-hybridized carbons (Fsp3) is 0.375. The molecule has 0 fully saturated rings. The number of carbonyl (C=O) groups excluding carboxylic acids is 2. The van der Waals surface area contributed by atoms with E-state index in [0.717, 1.165) is 52.4 Å². The van der Waals surface area contributed by atoms with Gasteiger partial charge in [0.2, 0.25) is 5.91 Å². The van der Waals surface area contributed by atoms with Gasteiger partial charge in [-0.25, -0.2) is 5.48 Å². The average molecular weight is 672 g/mol. The van der Waals surface area contributed by atoms with Gasteiger partial charge in [-0.1, -0.05) is 74.3 Å². The van der Waals surface area contributed by atoms with E-state index in [2.05, 4.69) is 49.3 Å². The highest BCUT2D eigenvalue weighted by Crippen LogP contribution is 2.27. The maximum absolute atomic E-state index is 13.6. The van der Waals surface area contributed by atoms with Crippen molar-refractivity contribution in [1.82, 2.24) is 10.8 Å². The first-order chi connectivity index (χ1) is 19.4. The third kappa shape index (κ3) is 8.99. The minimum Gasteiger partial charge on any atom is -0.494 e. The van der Waals surface area contributed by atoms with E-state index in [1.165, 1.54) is 5.56 Å². The first-order valence-corrected chi connectivity index (χ1v) is 15.4. The smallest absolute Gasteiger partial charge is 0.246 e. The number of hydrogen-bond donors (Lipinski definition) is 3. The second kappa shape index (κ2) is 15.5. The summed E-state index contributed by atoms with van der Waals surface area (Å²) in [7, 11) is 0. The molecule has 5 rings (SSSR count). The predicted octanol–water partition coefficient (Wildman–Crippen LogP) is 6.92. The Morgan fingerprint density at radius 3 is 2.40 bits per heavy atom. The molecular formula is C32H36Br2N2O4. The predicted molar refractivity (Wildman–Crippen MR) is 164 cm³/mol. The summed E-state index contributed by atoms with van der Waals surface area (Å²) in [6.45, 7) is 1.04. The molecule has 0 radical (unpaired) electrons. The van der Waals surface area contributed by atoms with E-state index in [1.807, 2.05) is 66.1 Å². The van der Waals surface area contributed by atoms with E-state index in [-0.39, 0.29) is 17.6 Å². The lowest BCUT2D eigenvalue weighted by Gasteiger charge is -2.28. The molecule has 0 aromatic heterocycles. The van der Waals surface area contributed by atoms with Crippen molar-refractivity contribution in [2.45, 2.75) is 51.0 Å². The first-order valence-electron chi connectivity index (χ1n) is 13.9. The summed E-state index contributed by atoms with van der Waals surface area (Å²) >= 11 is 7.13. The Morgan fingerprint density at radius 2 is 1.70 bits per heavy atom. The third-order valence-corrected chi connectivity index (χ3v) is 8.44. The second-order valence-corrected chi connectivity index (χ2v) is 12.2. The summed E-state index contributed by atoms with van der Waals surface area (Å²) < 4.78 is 7.95. The van der Waals surface area contributed by atoms with Crippen LogP contribution in [0.4, 0.5) is 0 Å². The van der Waals surface area contributed by atoms with Crippen LogP contribution in [0, 0.1) is 11.8 Å². The fourth-order valence-electron chi connectivity index (χ4n) is 5.40. The van der Waals surface area contributed by atoms with Gasteiger partial charge < -0.3 is 10.1 Å². The van der Waals surface area contributed by atoms with Crippen LogP contribution in [-0.2, 0) is 17.6 Å². The van der Waals surface area contributed by atoms with Gasteiger partial charge in [-0.15, -0.1) is 0 Å². The van der Waals surface area contributed by atoms with Crippen LogP contribution in [0.5, 0.6) is 5.75 Å². The van der Waals surface area contributed by atoms with E-state index in [4.69, 9.17) is 4.74 Å². The van der Waals surface area contributed by atoms with Crippen molar-refractivity contribution in [3.05, 3.63) is 98.4 Å². The molecule has 1 amide bonds. The minimum absolute atomic E-state index is 0.0196. The van der Waals surface area contributed by atoms with E-state index in [0.29, 0.717) is 31.6 Å². The fourth-order valence-corrected chi connectivity index (χ4v) is 6.79. The molecule has 3 atom stereocenters. The second-order valence-electron chi connectivity index (χ2n) is 10.4. The number of nitrogens with one attached hydrogen (secondary N) is 2. The van der Waals surface area contributed by atoms with Gasteiger partial charge in [-0.05, 0) is 98.9 Å². The molecule has 0 saturated heterocycles. The Morgan fingerprint density at radius 1 is 0.975 bits per heavy atom. The number of hydroxylamine groups is 1. The van der Waals surface area contributed by atoms with E-state index in [1.54, 1.807) is 0 Å². The molecule has 3 N–H and O–H groups in total. The summed E-state index contributed by atoms with van der Waals surface area (Å²) in [5.41, 5.74) is 4.80. The monoisotopic (exact) mass is 670 g/mol. The van der Waals surface area contributed by atoms with Crippen molar-refractivity contribution in [1.29, 1.82) is 0 Å². The van der Waals surface area contributed by atoms with Crippen molar-refractivity contribution in [2.75, 3.05) is 13.2 Å². The number of benzene rings is 3. The Labute approximate surface area is 253 Å². The quantitative estimate of drug-likeness (QED) is 0.144. The van der Waals surface area contributed by atoms with E-state index < -0.39 is 12.0 Å². The topological polar surface area (TPSA) is 87.7 Å². The van der Waals surface area contributed by atoms with Crippen molar-refractivity contribution >= 4 is 43.6 Å². The highest BCUT2D eigenvalue weighted by Gasteiger charge is 2.30. The van der Waals surface area contributed by atoms with Gasteiger partial charge >= 0.3 is 0 Å². The van der Waals surface area contributed by atoms with Gasteiger partial charge in [0.05, 0.1) is 12.6 Å². The molecule has 0 aliphatic carbocycles. The molecule has 2 bridgehead atoms. The van der Waals surface area contributed by atoms with Crippen molar-refractivity contribution in [3.8, 4) is 5.75 Å². The number of rotatable bonds is 7. The molecule has 3 aromatic carbocycles. The molecule has 0 unspecified atom stereocenters. The summed E-state index contributed by atoms with van der Waals surface area (Å²) in [4.78, 5) is 26.5. The number of ketones is 1. The van der Waals surface area contributed by atoms with Crippen LogP contribution in [0.2, 0.25) is 0 Å². The van der Waals surface area contributed by atoms with Crippen LogP contribution in [0.25, 0.3) is 0 Å². The zero-order chi connectivity index (χ0) is 28.3. The number of halogens is 2. The molecule has 2 heterocycles. The number of ether oxygens (including phenoxy) is 1. The standard InChI is InChI=1S/C32H36Br2N2O4/c33-26-17-23(18-27(34)20-26)7-6-10-25-21-35-30(31(37)24-8-2-1-3-9-24)19-22-12-14-28(15-13-22)40-16-5-4-11-29(25)32(38)36-39/h1-3,8-9,12-15,17-18,20,25,29-30,35,39H,4-7,10-11,16,19,21H2,(H,36,38)/t25-,29-,30-/m0/s1. The normalized spacial score (nSPS) is 20.1. The summed E-state index contributed by atoms with van der Waals surface area (Å²) in [6, 6.07) is 23.0. The van der Waals surface area contributed by atoms with Crippen LogP contribution in [0.3, 0.4) is 0 Å². The lowest BCUT2D eigenvalue weighted by atomic mass is 9.82. The van der Waals surface area contributed by atoms with Crippen LogP contribution in [0.15, 0.2) is 81.7 Å². The number of aryl methyl sites for hydroxylation is 1. The molecule has 2 aliphatic rings. The average Bonchev–Trinajstić information content (AvgIpc) is 2.97. The summed E-state index contributed by atoms with van der Waals surface area (Å²) in [6.07, 6.45) is 5.23. The van der Waals surface area contributed by atoms with Gasteiger partial charge in [0.25, 0.3) is 0 Å². The van der Waals surface area contributed by atoms with E-state index in [9.17, 15) is 14.8 Å². The number of amides is 1. The SMILES string of the molecule is O=C(c1ccccc1)[C@@H]1Cc2ccc(cc2)OCCCC[C@H](C(=O)NO)[C@@H](CCCc2cc(Br)cc(Br)c2)CN1. The lowest BCUT2D eigenvalue weighted by Crippen LogP contribution is -2.44. The number of hydrogen-bond acceptors (Lipinski definition) is 5. The van der Waals surface area contributed by atoms with Crippen LogP contribution >= 0.6 is 31.9 Å². The Kier molecular flexibility index (Phi) is 11.8. The molecule has 0 spiro atoms. The molecule has 0 saturated carbocycles. The van der Waals surface area contributed by atoms with Crippen molar-refractivity contribution in [3.63, 3.8) is 0 Å². The largest absolute Gasteiger partial charge is 0.494 e. The van der Waals surface area contributed by atoms with Gasteiger partial charge in [0, 0.05) is 20.4 Å². The Bertz CT molecular complexity index is 1230. The number of carbonyl (C=O) groups is 2. The van der Waals surface area contributed by atoms with Crippen LogP contribution in [0.1, 0.15) is 53.6 Å². The maximum Gasteiger partial charge on any atom is 0.246 e.